The molecule has 1 aromatic heterocycles. The lowest BCUT2D eigenvalue weighted by atomic mass is 9.82. The highest BCUT2D eigenvalue weighted by molar-refractivity contribution is 6.29. The second-order valence-corrected chi connectivity index (χ2v) is 8.93. The third kappa shape index (κ3) is 5.81. The summed E-state index contributed by atoms with van der Waals surface area (Å²) in [6.45, 7) is 4.73. The Kier molecular flexibility index (Phi) is 6.90. The SMILES string of the molecule is Cc1cc(F)ccc1-c1cc(Cl)ncc1NCC(C)(C)c1cc(C(F)(F)F)cc(C(F)(F)F)c1. The highest BCUT2D eigenvalue weighted by atomic mass is 35.5. The van der Waals surface area contributed by atoms with Gasteiger partial charge in [0.05, 0.1) is 23.0 Å². The Bertz CT molecular complexity index is 1170. The van der Waals surface area contributed by atoms with E-state index in [2.05, 4.69) is 10.3 Å². The molecule has 0 atom stereocenters. The highest BCUT2D eigenvalue weighted by Crippen LogP contribution is 2.39. The van der Waals surface area contributed by atoms with E-state index < -0.39 is 34.7 Å². The number of aromatic nitrogens is 1. The molecule has 0 amide bonds. The standard InChI is InChI=1S/C24H20ClF7N2/c1-13-6-17(26)4-5-18(13)19-10-21(25)33-11-20(19)34-12-22(2,3)14-7-15(23(27,28)29)9-16(8-14)24(30,31)32/h4-11,34H,12H2,1-3H3. The van der Waals surface area contributed by atoms with Crippen molar-refractivity contribution in [3.63, 3.8) is 0 Å². The van der Waals surface area contributed by atoms with Gasteiger partial charge in [-0.1, -0.05) is 31.5 Å². The van der Waals surface area contributed by atoms with Crippen molar-refractivity contribution >= 4 is 17.3 Å². The first kappa shape index (κ1) is 25.8. The van der Waals surface area contributed by atoms with E-state index in [9.17, 15) is 30.7 Å². The van der Waals surface area contributed by atoms with Crippen LogP contribution in [0.5, 0.6) is 0 Å². The molecule has 0 unspecified atom stereocenters. The van der Waals surface area contributed by atoms with Crippen LogP contribution in [0.15, 0.2) is 48.7 Å². The normalized spacial score (nSPS) is 12.7. The second-order valence-electron chi connectivity index (χ2n) is 8.54. The minimum Gasteiger partial charge on any atom is -0.382 e. The lowest BCUT2D eigenvalue weighted by Crippen LogP contribution is -2.29. The summed E-state index contributed by atoms with van der Waals surface area (Å²) in [6.07, 6.45) is -8.47. The van der Waals surface area contributed by atoms with Crippen molar-refractivity contribution in [2.24, 2.45) is 0 Å². The van der Waals surface area contributed by atoms with Crippen LogP contribution in [0, 0.1) is 12.7 Å². The summed E-state index contributed by atoms with van der Waals surface area (Å²) < 4.78 is 93.3. The fourth-order valence-corrected chi connectivity index (χ4v) is 3.64. The molecule has 0 radical (unpaired) electrons. The van der Waals surface area contributed by atoms with Gasteiger partial charge in [-0.15, -0.1) is 0 Å². The zero-order chi connectivity index (χ0) is 25.5. The van der Waals surface area contributed by atoms with E-state index >= 15 is 0 Å². The van der Waals surface area contributed by atoms with Gasteiger partial charge in [-0.05, 0) is 60.0 Å². The molecule has 0 saturated carbocycles. The molecular weight excluding hydrogens is 485 g/mol. The van der Waals surface area contributed by atoms with Gasteiger partial charge >= 0.3 is 12.4 Å². The van der Waals surface area contributed by atoms with E-state index in [1.54, 1.807) is 19.1 Å². The summed E-state index contributed by atoms with van der Waals surface area (Å²) in [6, 6.07) is 7.25. The Labute approximate surface area is 196 Å². The molecule has 2 aromatic carbocycles. The first-order valence-electron chi connectivity index (χ1n) is 10.0. The minimum atomic E-state index is -4.94. The molecule has 0 aliphatic heterocycles. The quantitative estimate of drug-likeness (QED) is 0.279. The lowest BCUT2D eigenvalue weighted by molar-refractivity contribution is -0.143. The maximum absolute atomic E-state index is 13.6. The number of hydrogen-bond donors (Lipinski definition) is 1. The van der Waals surface area contributed by atoms with Crippen LogP contribution < -0.4 is 5.32 Å². The zero-order valence-corrected chi connectivity index (χ0v) is 19.1. The third-order valence-corrected chi connectivity index (χ3v) is 5.65. The summed E-state index contributed by atoms with van der Waals surface area (Å²) >= 11 is 6.03. The Morgan fingerprint density at radius 3 is 1.91 bits per heavy atom. The number of benzene rings is 2. The smallest absolute Gasteiger partial charge is 0.382 e. The number of anilines is 1. The van der Waals surface area contributed by atoms with Crippen molar-refractivity contribution in [1.82, 2.24) is 4.98 Å². The topological polar surface area (TPSA) is 24.9 Å². The Hall–Kier alpha value is -2.81. The molecule has 0 aliphatic rings. The summed E-state index contributed by atoms with van der Waals surface area (Å²) in [5.74, 6) is -0.429. The van der Waals surface area contributed by atoms with Gasteiger partial charge in [0.15, 0.2) is 0 Å². The highest BCUT2D eigenvalue weighted by Gasteiger charge is 2.38. The number of nitrogens with one attached hydrogen (secondary N) is 1. The largest absolute Gasteiger partial charge is 0.416 e. The van der Waals surface area contributed by atoms with Gasteiger partial charge in [-0.2, -0.15) is 26.3 Å². The van der Waals surface area contributed by atoms with Crippen LogP contribution in [0.4, 0.5) is 36.4 Å². The number of hydrogen-bond acceptors (Lipinski definition) is 2. The molecule has 0 bridgehead atoms. The molecule has 34 heavy (non-hydrogen) atoms. The van der Waals surface area contributed by atoms with Crippen molar-refractivity contribution in [2.45, 2.75) is 38.5 Å². The molecule has 1 N–H and O–H groups in total. The van der Waals surface area contributed by atoms with Crippen LogP contribution in [0.3, 0.4) is 0 Å². The number of rotatable bonds is 5. The fourth-order valence-electron chi connectivity index (χ4n) is 3.49. The zero-order valence-electron chi connectivity index (χ0n) is 18.3. The maximum Gasteiger partial charge on any atom is 0.416 e. The van der Waals surface area contributed by atoms with E-state index in [0.717, 1.165) is 12.1 Å². The van der Waals surface area contributed by atoms with Gasteiger partial charge in [0.25, 0.3) is 0 Å². The van der Waals surface area contributed by atoms with E-state index in [1.807, 2.05) is 0 Å². The number of pyridine rings is 1. The molecular formula is C24H20ClF7N2. The van der Waals surface area contributed by atoms with Gasteiger partial charge in [-0.3, -0.25) is 0 Å². The van der Waals surface area contributed by atoms with Crippen molar-refractivity contribution in [3.05, 3.63) is 81.9 Å². The molecule has 0 saturated heterocycles. The first-order valence-corrected chi connectivity index (χ1v) is 10.4. The first-order chi connectivity index (χ1) is 15.6. The summed E-state index contributed by atoms with van der Waals surface area (Å²) in [5, 5.41) is 3.22. The summed E-state index contributed by atoms with van der Waals surface area (Å²) in [4.78, 5) is 4.01. The average molecular weight is 505 g/mol. The van der Waals surface area contributed by atoms with Gasteiger partial charge in [0.2, 0.25) is 0 Å². The summed E-state index contributed by atoms with van der Waals surface area (Å²) in [5.41, 5.74) is -1.77. The predicted molar refractivity (Wildman–Crippen MR) is 117 cm³/mol. The van der Waals surface area contributed by atoms with Crippen molar-refractivity contribution < 1.29 is 30.7 Å². The number of alkyl halides is 6. The molecule has 0 spiro atoms. The van der Waals surface area contributed by atoms with Gasteiger partial charge < -0.3 is 5.32 Å². The van der Waals surface area contributed by atoms with E-state index in [1.165, 1.54) is 32.2 Å². The Morgan fingerprint density at radius 1 is 0.824 bits per heavy atom. The van der Waals surface area contributed by atoms with Gasteiger partial charge in [-0.25, -0.2) is 9.37 Å². The van der Waals surface area contributed by atoms with Crippen LogP contribution in [0.1, 0.15) is 36.1 Å². The van der Waals surface area contributed by atoms with E-state index in [0.29, 0.717) is 22.4 Å². The number of halogens is 8. The van der Waals surface area contributed by atoms with Crippen LogP contribution >= 0.6 is 11.6 Å². The number of nitrogens with zero attached hydrogens (tertiary/aromatic N) is 1. The third-order valence-electron chi connectivity index (χ3n) is 5.44. The molecule has 3 aromatic rings. The van der Waals surface area contributed by atoms with Crippen LogP contribution in [0.2, 0.25) is 5.15 Å². The molecule has 1 heterocycles. The monoisotopic (exact) mass is 504 g/mol. The maximum atomic E-state index is 13.6. The molecule has 0 aliphatic carbocycles. The molecule has 2 nitrogen and oxygen atoms in total. The van der Waals surface area contributed by atoms with Crippen molar-refractivity contribution in [2.75, 3.05) is 11.9 Å². The fraction of sp³-hybridized carbons (Fsp3) is 0.292. The molecule has 3 rings (SSSR count). The van der Waals surface area contributed by atoms with Crippen molar-refractivity contribution in [1.29, 1.82) is 0 Å². The van der Waals surface area contributed by atoms with Crippen LogP contribution in [-0.2, 0) is 17.8 Å². The van der Waals surface area contributed by atoms with E-state index in [-0.39, 0.29) is 23.3 Å². The Morgan fingerprint density at radius 2 is 1.38 bits per heavy atom. The van der Waals surface area contributed by atoms with Gasteiger partial charge in [0.1, 0.15) is 11.0 Å². The average Bonchev–Trinajstić information content (AvgIpc) is 2.71. The van der Waals surface area contributed by atoms with Crippen LogP contribution in [0.25, 0.3) is 11.1 Å². The molecule has 0 fully saturated rings. The number of aryl methyl sites for hydroxylation is 1. The Balaban J connectivity index is 1.99. The molecule has 10 heteroatoms. The van der Waals surface area contributed by atoms with Gasteiger partial charge in [0, 0.05) is 17.5 Å². The van der Waals surface area contributed by atoms with Crippen LogP contribution in [-0.4, -0.2) is 11.5 Å². The summed E-state index contributed by atoms with van der Waals surface area (Å²) in [7, 11) is 0. The minimum absolute atomic E-state index is 0.0256. The molecule has 182 valence electrons. The predicted octanol–water partition coefficient (Wildman–Crippen LogP) is 8.28. The van der Waals surface area contributed by atoms with Crippen molar-refractivity contribution in [3.8, 4) is 11.1 Å². The lowest BCUT2D eigenvalue weighted by Gasteiger charge is -2.28. The second kappa shape index (κ2) is 9.09. The van der Waals surface area contributed by atoms with E-state index in [4.69, 9.17) is 11.6 Å².